The number of aromatic nitrogens is 4. The Labute approximate surface area is 275 Å². The van der Waals surface area contributed by atoms with E-state index in [1.165, 1.54) is 0 Å². The van der Waals surface area contributed by atoms with Gasteiger partial charge in [-0.25, -0.2) is 0 Å². The quantitative estimate of drug-likeness (QED) is 0.159. The molecule has 0 aliphatic heterocycles. The first-order valence-electron chi connectivity index (χ1n) is 14.5. The van der Waals surface area contributed by atoms with Crippen LogP contribution >= 0.6 is 0 Å². The second kappa shape index (κ2) is 12.3. The molecule has 6 heteroatoms. The smallest absolute Gasteiger partial charge is 0.442 e. The second-order valence-corrected chi connectivity index (χ2v) is 10.4. The van der Waals surface area contributed by atoms with Gasteiger partial charge >= 0.3 is 21.1 Å². The monoisotopic (exact) mass is 758 g/mol. The second-order valence-electron chi connectivity index (χ2n) is 10.4. The summed E-state index contributed by atoms with van der Waals surface area (Å²) in [4.78, 5) is 14.4. The van der Waals surface area contributed by atoms with E-state index in [1.54, 1.807) is 12.4 Å². The first-order valence-corrected chi connectivity index (χ1v) is 14.5. The Kier molecular flexibility index (Phi) is 7.77. The van der Waals surface area contributed by atoms with Gasteiger partial charge in [-0.2, -0.15) is 0 Å². The van der Waals surface area contributed by atoms with Crippen LogP contribution in [0.2, 0.25) is 0 Å². The fourth-order valence-electron chi connectivity index (χ4n) is 5.85. The molecule has 0 fully saturated rings. The van der Waals surface area contributed by atoms with Gasteiger partial charge in [0.05, 0.1) is 11.4 Å². The maximum absolute atomic E-state index is 5.18. The summed E-state index contributed by atoms with van der Waals surface area (Å²) >= 11 is 0. The maximum Gasteiger partial charge on any atom is 2.00 e. The van der Waals surface area contributed by atoms with Crippen LogP contribution in [-0.2, 0) is 21.1 Å². The van der Waals surface area contributed by atoms with Crippen LogP contribution in [0.15, 0.2) is 152 Å². The van der Waals surface area contributed by atoms with E-state index >= 15 is 0 Å². The number of para-hydroxylation sites is 3. The van der Waals surface area contributed by atoms with Crippen LogP contribution in [0.1, 0.15) is 0 Å². The molecule has 0 saturated carbocycles. The van der Waals surface area contributed by atoms with E-state index in [0.717, 1.165) is 67.0 Å². The summed E-state index contributed by atoms with van der Waals surface area (Å²) in [6, 6.07) is 50.6. The standard InChI is InChI=1S/C39H25N5.Pt/c1-2-13-27(14-3-1)44-36-23-7-5-16-31(36)38-29(17-10-24-37(38)44)34-21-11-22-35(42-34)30-18-12-26-41-39(30)43-33-20-6-4-15-28(33)32-19-8-9-25-40-32;/h1-16,18-26H;/q-2;+2. The SMILES string of the molecule is [Pt+2].[c-]1ccc2c(c1-c1cccc(-c3cccnc3[N-]c3ccccc3-c3ccccn3)n1)c1ccccc1n2-c1ccccc1. The zero-order valence-corrected chi connectivity index (χ0v) is 26.3. The zero-order valence-electron chi connectivity index (χ0n) is 24.0. The van der Waals surface area contributed by atoms with Crippen molar-refractivity contribution in [3.63, 3.8) is 0 Å². The van der Waals surface area contributed by atoms with Crippen LogP contribution < -0.4 is 0 Å². The van der Waals surface area contributed by atoms with Crippen LogP contribution in [-0.4, -0.2) is 19.5 Å². The molecule has 0 N–H and O–H groups in total. The van der Waals surface area contributed by atoms with Crippen molar-refractivity contribution in [2.24, 2.45) is 0 Å². The minimum atomic E-state index is 0. The van der Waals surface area contributed by atoms with E-state index in [9.17, 15) is 0 Å². The Morgan fingerprint density at radius 1 is 0.556 bits per heavy atom. The Morgan fingerprint density at radius 3 is 2.18 bits per heavy atom. The molecule has 0 saturated heterocycles. The minimum absolute atomic E-state index is 0. The first-order chi connectivity index (χ1) is 21.8. The molecule has 0 spiro atoms. The summed E-state index contributed by atoms with van der Waals surface area (Å²) < 4.78 is 2.31. The van der Waals surface area contributed by atoms with E-state index in [0.29, 0.717) is 5.82 Å². The number of nitrogens with zero attached hydrogens (tertiary/aromatic N) is 5. The van der Waals surface area contributed by atoms with Gasteiger partial charge in [-0.1, -0.05) is 103 Å². The van der Waals surface area contributed by atoms with Crippen LogP contribution in [0.3, 0.4) is 0 Å². The average molecular weight is 759 g/mol. The Morgan fingerprint density at radius 2 is 1.29 bits per heavy atom. The van der Waals surface area contributed by atoms with Crippen molar-refractivity contribution in [3.05, 3.63) is 163 Å². The van der Waals surface area contributed by atoms with Gasteiger partial charge in [-0.15, -0.1) is 23.8 Å². The molecular weight excluding hydrogens is 734 g/mol. The minimum Gasteiger partial charge on any atom is -0.442 e. The van der Waals surface area contributed by atoms with Crippen LogP contribution in [0, 0.1) is 6.07 Å². The molecule has 0 radical (unpaired) electrons. The predicted molar refractivity (Wildman–Crippen MR) is 178 cm³/mol. The maximum atomic E-state index is 5.18. The Hall–Kier alpha value is -5.38. The molecule has 4 aromatic heterocycles. The Bertz CT molecular complexity index is 2260. The molecular formula is C39H25N5Pt. The average Bonchev–Trinajstić information content (AvgIpc) is 3.44. The third kappa shape index (κ3) is 5.22. The van der Waals surface area contributed by atoms with Gasteiger partial charge in [0.25, 0.3) is 0 Å². The van der Waals surface area contributed by atoms with E-state index < -0.39 is 0 Å². The van der Waals surface area contributed by atoms with Crippen LogP contribution in [0.4, 0.5) is 11.5 Å². The zero-order chi connectivity index (χ0) is 29.3. The van der Waals surface area contributed by atoms with Crippen molar-refractivity contribution in [1.82, 2.24) is 19.5 Å². The number of hydrogen-bond donors (Lipinski definition) is 0. The summed E-state index contributed by atoms with van der Waals surface area (Å²) in [7, 11) is 0. The molecule has 0 aliphatic carbocycles. The van der Waals surface area contributed by atoms with Gasteiger partial charge in [0.1, 0.15) is 0 Å². The number of rotatable bonds is 6. The fourth-order valence-corrected chi connectivity index (χ4v) is 5.85. The van der Waals surface area contributed by atoms with Crippen LogP contribution in [0.5, 0.6) is 0 Å². The summed E-state index contributed by atoms with van der Waals surface area (Å²) in [5.74, 6) is 0.600. The third-order valence-corrected chi connectivity index (χ3v) is 7.78. The van der Waals surface area contributed by atoms with Crippen molar-refractivity contribution in [1.29, 1.82) is 0 Å². The number of fused-ring (bicyclic) bond motifs is 3. The molecule has 0 bridgehead atoms. The van der Waals surface area contributed by atoms with E-state index in [1.807, 2.05) is 84.9 Å². The van der Waals surface area contributed by atoms with Gasteiger partial charge in [0.15, 0.2) is 0 Å². The first kappa shape index (κ1) is 28.4. The molecule has 216 valence electrons. The van der Waals surface area contributed by atoms with Crippen molar-refractivity contribution >= 4 is 33.3 Å². The molecule has 4 aromatic carbocycles. The summed E-state index contributed by atoms with van der Waals surface area (Å²) in [6.07, 6.45) is 3.56. The molecule has 0 unspecified atom stereocenters. The van der Waals surface area contributed by atoms with Gasteiger partial charge < -0.3 is 14.9 Å². The number of benzene rings is 4. The normalized spacial score (nSPS) is 10.9. The Balaban J connectivity index is 0.00000325. The van der Waals surface area contributed by atoms with Gasteiger partial charge in [-0.3, -0.25) is 9.97 Å². The fraction of sp³-hybridized carbons (Fsp3) is 0. The predicted octanol–water partition coefficient (Wildman–Crippen LogP) is 10.1. The topological polar surface area (TPSA) is 57.7 Å². The number of pyridine rings is 3. The summed E-state index contributed by atoms with van der Waals surface area (Å²) in [5, 5.41) is 7.30. The molecule has 0 aliphatic rings. The summed E-state index contributed by atoms with van der Waals surface area (Å²) in [5.41, 5.74) is 9.42. The van der Waals surface area contributed by atoms with Gasteiger partial charge in [-0.05, 0) is 70.1 Å². The molecule has 0 atom stereocenters. The molecule has 8 rings (SSSR count). The van der Waals surface area contributed by atoms with E-state index in [2.05, 4.69) is 75.2 Å². The third-order valence-electron chi connectivity index (χ3n) is 7.78. The van der Waals surface area contributed by atoms with Crippen molar-refractivity contribution < 1.29 is 21.1 Å². The van der Waals surface area contributed by atoms with Gasteiger partial charge in [0.2, 0.25) is 0 Å². The number of hydrogen-bond acceptors (Lipinski definition) is 3. The van der Waals surface area contributed by atoms with Crippen molar-refractivity contribution in [2.75, 3.05) is 0 Å². The molecule has 45 heavy (non-hydrogen) atoms. The van der Waals surface area contributed by atoms with E-state index in [-0.39, 0.29) is 21.1 Å². The molecule has 8 aromatic rings. The van der Waals surface area contributed by atoms with Crippen molar-refractivity contribution in [2.45, 2.75) is 0 Å². The molecule has 0 amide bonds. The molecule has 5 nitrogen and oxygen atoms in total. The largest absolute Gasteiger partial charge is 2.00 e. The summed E-state index contributed by atoms with van der Waals surface area (Å²) in [6.45, 7) is 0. The van der Waals surface area contributed by atoms with Crippen molar-refractivity contribution in [3.8, 4) is 39.5 Å². The van der Waals surface area contributed by atoms with E-state index in [4.69, 9.17) is 10.3 Å². The molecule has 4 heterocycles. The van der Waals surface area contributed by atoms with Crippen LogP contribution in [0.25, 0.3) is 66.6 Å². The van der Waals surface area contributed by atoms with Gasteiger partial charge in [0, 0.05) is 23.0 Å².